The second kappa shape index (κ2) is 6.88. The van der Waals surface area contributed by atoms with Crippen molar-refractivity contribution in [1.29, 1.82) is 0 Å². The molecule has 0 saturated carbocycles. The van der Waals surface area contributed by atoms with Gasteiger partial charge < -0.3 is 11.1 Å². The van der Waals surface area contributed by atoms with E-state index in [1.165, 1.54) is 0 Å². The molecule has 0 aliphatic heterocycles. The minimum atomic E-state index is -0.154. The van der Waals surface area contributed by atoms with Gasteiger partial charge in [-0.05, 0) is 64.8 Å². The van der Waals surface area contributed by atoms with Crippen LogP contribution < -0.4 is 11.1 Å². The Bertz CT molecular complexity index is 614. The van der Waals surface area contributed by atoms with E-state index in [0.29, 0.717) is 22.8 Å². The molecular formula is C15H14BrClN2O. The van der Waals surface area contributed by atoms with Gasteiger partial charge in [0.05, 0.1) is 5.02 Å². The van der Waals surface area contributed by atoms with E-state index in [4.69, 9.17) is 17.3 Å². The molecule has 2 aromatic carbocycles. The standard InChI is InChI=1S/C15H14BrClN2O/c16-13-9-12(5-6-14(13)17)19-15(20)11-3-1-10(2-4-11)7-8-18/h1-6,9H,7-8,18H2,(H,19,20). The van der Waals surface area contributed by atoms with Crippen LogP contribution in [0, 0.1) is 0 Å². The van der Waals surface area contributed by atoms with E-state index in [0.717, 1.165) is 16.5 Å². The third kappa shape index (κ3) is 3.82. The molecular weight excluding hydrogens is 340 g/mol. The van der Waals surface area contributed by atoms with Gasteiger partial charge in [0.1, 0.15) is 0 Å². The predicted octanol–water partition coefficient (Wildman–Crippen LogP) is 3.86. The summed E-state index contributed by atoms with van der Waals surface area (Å²) in [6, 6.07) is 12.7. The SMILES string of the molecule is NCCc1ccc(C(=O)Nc2ccc(Cl)c(Br)c2)cc1. The van der Waals surface area contributed by atoms with Gasteiger partial charge in [-0.25, -0.2) is 0 Å². The zero-order valence-electron chi connectivity index (χ0n) is 10.7. The smallest absolute Gasteiger partial charge is 0.255 e. The van der Waals surface area contributed by atoms with Crippen LogP contribution in [0.4, 0.5) is 5.69 Å². The average molecular weight is 354 g/mol. The summed E-state index contributed by atoms with van der Waals surface area (Å²) >= 11 is 9.24. The molecule has 1 amide bonds. The Morgan fingerprint density at radius 2 is 1.90 bits per heavy atom. The summed E-state index contributed by atoms with van der Waals surface area (Å²) in [4.78, 5) is 12.1. The minimum Gasteiger partial charge on any atom is -0.330 e. The molecule has 0 aliphatic carbocycles. The summed E-state index contributed by atoms with van der Waals surface area (Å²) in [6.45, 7) is 0.602. The first-order valence-corrected chi connectivity index (χ1v) is 7.32. The number of nitrogens with one attached hydrogen (secondary N) is 1. The van der Waals surface area contributed by atoms with Crippen molar-refractivity contribution in [1.82, 2.24) is 0 Å². The molecule has 0 saturated heterocycles. The minimum absolute atomic E-state index is 0.154. The maximum atomic E-state index is 12.1. The number of amides is 1. The van der Waals surface area contributed by atoms with Gasteiger partial charge in [0, 0.05) is 15.7 Å². The molecule has 104 valence electrons. The third-order valence-corrected chi connectivity index (χ3v) is 4.04. The van der Waals surface area contributed by atoms with Crippen LogP contribution in [-0.2, 0) is 6.42 Å². The molecule has 0 unspecified atom stereocenters. The molecule has 3 nitrogen and oxygen atoms in total. The lowest BCUT2D eigenvalue weighted by Crippen LogP contribution is -2.12. The summed E-state index contributed by atoms with van der Waals surface area (Å²) < 4.78 is 0.746. The van der Waals surface area contributed by atoms with Crippen LogP contribution in [0.2, 0.25) is 5.02 Å². The highest BCUT2D eigenvalue weighted by molar-refractivity contribution is 9.10. The highest BCUT2D eigenvalue weighted by Gasteiger charge is 2.07. The molecule has 0 fully saturated rings. The number of carbonyl (C=O) groups excluding carboxylic acids is 1. The Hall–Kier alpha value is -1.36. The van der Waals surface area contributed by atoms with E-state index in [1.54, 1.807) is 30.3 Å². The number of rotatable bonds is 4. The van der Waals surface area contributed by atoms with Gasteiger partial charge in [-0.1, -0.05) is 23.7 Å². The van der Waals surface area contributed by atoms with Crippen LogP contribution >= 0.6 is 27.5 Å². The predicted molar refractivity (Wildman–Crippen MR) is 86.3 cm³/mol. The van der Waals surface area contributed by atoms with Crippen molar-refractivity contribution < 1.29 is 4.79 Å². The molecule has 20 heavy (non-hydrogen) atoms. The normalized spacial score (nSPS) is 10.3. The average Bonchev–Trinajstić information content (AvgIpc) is 2.44. The first-order valence-electron chi connectivity index (χ1n) is 6.15. The second-order valence-electron chi connectivity index (χ2n) is 4.32. The van der Waals surface area contributed by atoms with Crippen molar-refractivity contribution >= 4 is 39.1 Å². The summed E-state index contributed by atoms with van der Waals surface area (Å²) in [5.74, 6) is -0.154. The van der Waals surface area contributed by atoms with Crippen LogP contribution in [0.3, 0.4) is 0 Å². The molecule has 2 aromatic rings. The van der Waals surface area contributed by atoms with Crippen molar-refractivity contribution in [2.75, 3.05) is 11.9 Å². The van der Waals surface area contributed by atoms with Crippen molar-refractivity contribution in [3.63, 3.8) is 0 Å². The highest BCUT2D eigenvalue weighted by Crippen LogP contribution is 2.25. The van der Waals surface area contributed by atoms with Gasteiger partial charge in [-0.3, -0.25) is 4.79 Å². The van der Waals surface area contributed by atoms with E-state index in [-0.39, 0.29) is 5.91 Å². The van der Waals surface area contributed by atoms with Gasteiger partial charge in [0.15, 0.2) is 0 Å². The monoisotopic (exact) mass is 352 g/mol. The Morgan fingerprint density at radius 3 is 2.50 bits per heavy atom. The van der Waals surface area contributed by atoms with Crippen LogP contribution in [0.1, 0.15) is 15.9 Å². The molecule has 2 rings (SSSR count). The number of hydrogen-bond donors (Lipinski definition) is 2. The Morgan fingerprint density at radius 1 is 1.20 bits per heavy atom. The van der Waals surface area contributed by atoms with Gasteiger partial charge in [0.25, 0.3) is 5.91 Å². The zero-order valence-corrected chi connectivity index (χ0v) is 13.0. The Labute approximate surface area is 131 Å². The van der Waals surface area contributed by atoms with Crippen LogP contribution in [-0.4, -0.2) is 12.5 Å². The summed E-state index contributed by atoms with van der Waals surface area (Å²) in [5.41, 5.74) is 7.92. The van der Waals surface area contributed by atoms with E-state index in [9.17, 15) is 4.79 Å². The van der Waals surface area contributed by atoms with Crippen molar-refractivity contribution in [3.05, 3.63) is 63.1 Å². The lowest BCUT2D eigenvalue weighted by Gasteiger charge is -2.07. The topological polar surface area (TPSA) is 55.1 Å². The highest BCUT2D eigenvalue weighted by atomic mass is 79.9. The Kier molecular flexibility index (Phi) is 5.17. The number of halogens is 2. The molecule has 0 heterocycles. The first-order chi connectivity index (χ1) is 9.60. The molecule has 0 aromatic heterocycles. The van der Waals surface area contributed by atoms with Gasteiger partial charge in [0.2, 0.25) is 0 Å². The quantitative estimate of drug-likeness (QED) is 0.877. The maximum Gasteiger partial charge on any atom is 0.255 e. The van der Waals surface area contributed by atoms with Gasteiger partial charge >= 0.3 is 0 Å². The number of carbonyl (C=O) groups is 1. The number of benzene rings is 2. The summed E-state index contributed by atoms with van der Waals surface area (Å²) in [5, 5.41) is 3.43. The van der Waals surface area contributed by atoms with Gasteiger partial charge in [-0.15, -0.1) is 0 Å². The van der Waals surface area contributed by atoms with Gasteiger partial charge in [-0.2, -0.15) is 0 Å². The fourth-order valence-corrected chi connectivity index (χ4v) is 2.26. The molecule has 0 atom stereocenters. The van der Waals surface area contributed by atoms with Crippen LogP contribution in [0.5, 0.6) is 0 Å². The maximum absolute atomic E-state index is 12.1. The third-order valence-electron chi connectivity index (χ3n) is 2.83. The molecule has 0 aliphatic rings. The number of hydrogen-bond acceptors (Lipinski definition) is 2. The summed E-state index contributed by atoms with van der Waals surface area (Å²) in [6.07, 6.45) is 0.812. The van der Waals surface area contributed by atoms with E-state index < -0.39 is 0 Å². The van der Waals surface area contributed by atoms with Crippen molar-refractivity contribution in [3.8, 4) is 0 Å². The van der Waals surface area contributed by atoms with Crippen molar-refractivity contribution in [2.24, 2.45) is 5.73 Å². The number of anilines is 1. The first kappa shape index (κ1) is 15.0. The lowest BCUT2D eigenvalue weighted by molar-refractivity contribution is 0.102. The zero-order chi connectivity index (χ0) is 14.5. The van der Waals surface area contributed by atoms with E-state index in [2.05, 4.69) is 21.2 Å². The number of nitrogens with two attached hydrogens (primary N) is 1. The molecule has 0 radical (unpaired) electrons. The molecule has 0 spiro atoms. The molecule has 5 heteroatoms. The Balaban J connectivity index is 2.09. The van der Waals surface area contributed by atoms with E-state index in [1.807, 2.05) is 12.1 Å². The lowest BCUT2D eigenvalue weighted by atomic mass is 10.1. The second-order valence-corrected chi connectivity index (χ2v) is 5.58. The molecule has 0 bridgehead atoms. The summed E-state index contributed by atoms with van der Waals surface area (Å²) in [7, 11) is 0. The fraction of sp³-hybridized carbons (Fsp3) is 0.133. The largest absolute Gasteiger partial charge is 0.330 e. The van der Waals surface area contributed by atoms with Crippen LogP contribution in [0.15, 0.2) is 46.9 Å². The molecule has 3 N–H and O–H groups in total. The van der Waals surface area contributed by atoms with E-state index >= 15 is 0 Å². The van der Waals surface area contributed by atoms with Crippen molar-refractivity contribution in [2.45, 2.75) is 6.42 Å². The van der Waals surface area contributed by atoms with Crippen LogP contribution in [0.25, 0.3) is 0 Å². The fourth-order valence-electron chi connectivity index (χ4n) is 1.77.